The average molecular weight is 221 g/mol. The van der Waals surface area contributed by atoms with Crippen LogP contribution in [-0.4, -0.2) is 23.3 Å². The van der Waals surface area contributed by atoms with Crippen molar-refractivity contribution >= 4 is 11.8 Å². The topological polar surface area (TPSA) is 75.4 Å². The highest BCUT2D eigenvalue weighted by Crippen LogP contribution is 2.04. The largest absolute Gasteiger partial charge is 0.330 e. The lowest BCUT2D eigenvalue weighted by Gasteiger charge is -2.19. The summed E-state index contributed by atoms with van der Waals surface area (Å²) in [6.07, 6.45) is 0. The maximum absolute atomic E-state index is 11.5. The minimum absolute atomic E-state index is 0.406. The number of hydrogen-bond donors (Lipinski definition) is 2. The van der Waals surface area contributed by atoms with E-state index in [0.717, 1.165) is 5.56 Å². The molecule has 1 aromatic rings. The Morgan fingerprint density at radius 3 is 2.44 bits per heavy atom. The molecule has 0 unspecified atom stereocenters. The lowest BCUT2D eigenvalue weighted by Crippen LogP contribution is -2.45. The minimum Gasteiger partial charge on any atom is -0.330 e. The van der Waals surface area contributed by atoms with Gasteiger partial charge in [-0.25, -0.2) is 5.84 Å². The van der Waals surface area contributed by atoms with Gasteiger partial charge >= 0.3 is 11.8 Å². The van der Waals surface area contributed by atoms with E-state index < -0.39 is 11.8 Å². The summed E-state index contributed by atoms with van der Waals surface area (Å²) < 4.78 is 0. The third kappa shape index (κ3) is 3.06. The first-order valence-electron chi connectivity index (χ1n) is 5.02. The molecule has 86 valence electrons. The van der Waals surface area contributed by atoms with E-state index in [1.165, 1.54) is 4.90 Å². The lowest BCUT2D eigenvalue weighted by atomic mass is 10.2. The highest BCUT2D eigenvalue weighted by atomic mass is 16.2. The standard InChI is InChI=1S/C11H15N3O2/c1-2-14(11(16)10(15)13-12)8-9-6-4-3-5-7-9/h3-7H,2,8,12H2,1H3,(H,13,15). The third-order valence-electron chi connectivity index (χ3n) is 2.21. The summed E-state index contributed by atoms with van der Waals surface area (Å²) in [4.78, 5) is 24.0. The Morgan fingerprint density at radius 1 is 1.31 bits per heavy atom. The van der Waals surface area contributed by atoms with Crippen LogP contribution in [0.25, 0.3) is 0 Å². The normalized spacial score (nSPS) is 9.62. The van der Waals surface area contributed by atoms with Crippen LogP contribution in [0, 0.1) is 0 Å². The maximum atomic E-state index is 11.5. The number of nitrogens with zero attached hydrogens (tertiary/aromatic N) is 1. The van der Waals surface area contributed by atoms with Gasteiger partial charge in [-0.1, -0.05) is 30.3 Å². The van der Waals surface area contributed by atoms with Gasteiger partial charge in [-0.3, -0.25) is 15.0 Å². The fourth-order valence-electron chi connectivity index (χ4n) is 1.34. The first-order valence-corrected chi connectivity index (χ1v) is 5.02. The fraction of sp³-hybridized carbons (Fsp3) is 0.273. The summed E-state index contributed by atoms with van der Waals surface area (Å²) in [6.45, 7) is 2.68. The summed E-state index contributed by atoms with van der Waals surface area (Å²) in [7, 11) is 0. The molecule has 0 bridgehead atoms. The number of amides is 2. The van der Waals surface area contributed by atoms with Crippen LogP contribution in [0.15, 0.2) is 30.3 Å². The number of benzene rings is 1. The van der Waals surface area contributed by atoms with E-state index in [-0.39, 0.29) is 0 Å². The molecule has 5 heteroatoms. The van der Waals surface area contributed by atoms with Crippen LogP contribution in [0.4, 0.5) is 0 Å². The number of hydrazine groups is 1. The van der Waals surface area contributed by atoms with Crippen molar-refractivity contribution in [3.8, 4) is 0 Å². The summed E-state index contributed by atoms with van der Waals surface area (Å²) >= 11 is 0. The van der Waals surface area contributed by atoms with E-state index in [1.54, 1.807) is 0 Å². The van der Waals surface area contributed by atoms with E-state index >= 15 is 0 Å². The van der Waals surface area contributed by atoms with Gasteiger partial charge in [0.15, 0.2) is 0 Å². The second-order valence-corrected chi connectivity index (χ2v) is 3.28. The predicted molar refractivity (Wildman–Crippen MR) is 59.9 cm³/mol. The SMILES string of the molecule is CCN(Cc1ccccc1)C(=O)C(=O)NN. The van der Waals surface area contributed by atoms with Crippen molar-refractivity contribution in [2.75, 3.05) is 6.54 Å². The van der Waals surface area contributed by atoms with Gasteiger partial charge in [0.2, 0.25) is 0 Å². The van der Waals surface area contributed by atoms with Gasteiger partial charge in [-0.2, -0.15) is 0 Å². The molecule has 0 radical (unpaired) electrons. The zero-order valence-electron chi connectivity index (χ0n) is 9.14. The summed E-state index contributed by atoms with van der Waals surface area (Å²) in [5, 5.41) is 0. The minimum atomic E-state index is -0.794. The molecule has 0 saturated heterocycles. The molecular weight excluding hydrogens is 206 g/mol. The van der Waals surface area contributed by atoms with E-state index in [9.17, 15) is 9.59 Å². The van der Waals surface area contributed by atoms with Crippen LogP contribution < -0.4 is 11.3 Å². The van der Waals surface area contributed by atoms with E-state index in [2.05, 4.69) is 0 Å². The molecule has 2 amide bonds. The molecule has 0 aromatic heterocycles. The fourth-order valence-corrected chi connectivity index (χ4v) is 1.34. The van der Waals surface area contributed by atoms with E-state index in [4.69, 9.17) is 5.84 Å². The van der Waals surface area contributed by atoms with Gasteiger partial charge in [0.05, 0.1) is 0 Å². The Balaban J connectivity index is 2.69. The molecule has 5 nitrogen and oxygen atoms in total. The number of likely N-dealkylation sites (N-methyl/N-ethyl adjacent to an activating group) is 1. The average Bonchev–Trinajstić information content (AvgIpc) is 2.35. The Hall–Kier alpha value is -1.88. The number of carbonyl (C=O) groups is 2. The van der Waals surface area contributed by atoms with Crippen molar-refractivity contribution in [1.29, 1.82) is 0 Å². The van der Waals surface area contributed by atoms with E-state index in [0.29, 0.717) is 13.1 Å². The number of nitrogens with two attached hydrogens (primary N) is 1. The molecule has 0 aliphatic carbocycles. The number of nitrogens with one attached hydrogen (secondary N) is 1. The zero-order valence-corrected chi connectivity index (χ0v) is 9.14. The second kappa shape index (κ2) is 5.87. The first-order chi connectivity index (χ1) is 7.69. The summed E-state index contributed by atoms with van der Waals surface area (Å²) in [6, 6.07) is 9.47. The predicted octanol–water partition coefficient (Wildman–Crippen LogP) is 0.0250. The number of carbonyl (C=O) groups excluding carboxylic acids is 2. The molecule has 16 heavy (non-hydrogen) atoms. The molecule has 0 saturated carbocycles. The van der Waals surface area contributed by atoms with Gasteiger partial charge in [0, 0.05) is 13.1 Å². The van der Waals surface area contributed by atoms with Crippen molar-refractivity contribution < 1.29 is 9.59 Å². The molecule has 0 atom stereocenters. The summed E-state index contributed by atoms with van der Waals surface area (Å²) in [5.74, 6) is 3.50. The smallest absolute Gasteiger partial charge is 0.323 e. The molecule has 0 spiro atoms. The van der Waals surface area contributed by atoms with Crippen LogP contribution in [0.1, 0.15) is 12.5 Å². The first kappa shape index (κ1) is 12.2. The van der Waals surface area contributed by atoms with Crippen LogP contribution in [0.5, 0.6) is 0 Å². The Morgan fingerprint density at radius 2 is 1.94 bits per heavy atom. The number of hydrogen-bond acceptors (Lipinski definition) is 3. The van der Waals surface area contributed by atoms with Gasteiger partial charge in [-0.05, 0) is 12.5 Å². The highest BCUT2D eigenvalue weighted by molar-refractivity contribution is 6.34. The van der Waals surface area contributed by atoms with Gasteiger partial charge in [0.25, 0.3) is 0 Å². The van der Waals surface area contributed by atoms with E-state index in [1.807, 2.05) is 42.7 Å². The monoisotopic (exact) mass is 221 g/mol. The third-order valence-corrected chi connectivity index (χ3v) is 2.21. The lowest BCUT2D eigenvalue weighted by molar-refractivity contribution is -0.146. The quantitative estimate of drug-likeness (QED) is 0.327. The van der Waals surface area contributed by atoms with Crippen LogP contribution in [0.2, 0.25) is 0 Å². The maximum Gasteiger partial charge on any atom is 0.323 e. The van der Waals surface area contributed by atoms with Crippen molar-refractivity contribution in [2.45, 2.75) is 13.5 Å². The van der Waals surface area contributed by atoms with Gasteiger partial charge < -0.3 is 4.90 Å². The molecule has 0 aliphatic heterocycles. The zero-order chi connectivity index (χ0) is 12.0. The van der Waals surface area contributed by atoms with Crippen molar-refractivity contribution in [1.82, 2.24) is 10.3 Å². The number of rotatable bonds is 3. The molecular formula is C11H15N3O2. The Labute approximate surface area is 94.2 Å². The Kier molecular flexibility index (Phi) is 4.47. The van der Waals surface area contributed by atoms with Crippen molar-refractivity contribution in [3.63, 3.8) is 0 Å². The molecule has 1 aromatic carbocycles. The van der Waals surface area contributed by atoms with Crippen LogP contribution in [0.3, 0.4) is 0 Å². The van der Waals surface area contributed by atoms with Crippen molar-refractivity contribution in [3.05, 3.63) is 35.9 Å². The molecule has 1 rings (SSSR count). The van der Waals surface area contributed by atoms with Crippen molar-refractivity contribution in [2.24, 2.45) is 5.84 Å². The summed E-state index contributed by atoms with van der Waals surface area (Å²) in [5.41, 5.74) is 2.81. The molecule has 0 fully saturated rings. The Bertz CT molecular complexity index is 365. The molecule has 0 heterocycles. The molecule has 0 aliphatic rings. The van der Waals surface area contributed by atoms with Crippen LogP contribution in [-0.2, 0) is 16.1 Å². The van der Waals surface area contributed by atoms with Gasteiger partial charge in [0.1, 0.15) is 0 Å². The molecule has 3 N–H and O–H groups in total. The highest BCUT2D eigenvalue weighted by Gasteiger charge is 2.19. The van der Waals surface area contributed by atoms with Gasteiger partial charge in [-0.15, -0.1) is 0 Å². The van der Waals surface area contributed by atoms with Crippen LogP contribution >= 0.6 is 0 Å². The second-order valence-electron chi connectivity index (χ2n) is 3.28.